The lowest BCUT2D eigenvalue weighted by Crippen LogP contribution is -2.14. The van der Waals surface area contributed by atoms with Crippen molar-refractivity contribution in [3.63, 3.8) is 0 Å². The Balaban J connectivity index is 1.87. The molecule has 2 aromatic carbocycles. The van der Waals surface area contributed by atoms with Crippen LogP contribution in [0.4, 0.5) is 0 Å². The monoisotopic (exact) mass is 267 g/mol. The second-order valence-electron chi connectivity index (χ2n) is 5.55. The standard InChI is InChI=1S/C18H21NO/c1-20-17-10-4-9-16(12-17)18(19)15-8-3-7-14(11-15)13-5-2-6-13/h3-4,7-13,18H,2,5-6,19H2,1H3. The summed E-state index contributed by atoms with van der Waals surface area (Å²) in [4.78, 5) is 0. The zero-order valence-corrected chi connectivity index (χ0v) is 11.9. The van der Waals surface area contributed by atoms with Crippen LogP contribution in [-0.4, -0.2) is 7.11 Å². The molecule has 2 N–H and O–H groups in total. The maximum Gasteiger partial charge on any atom is 0.119 e. The zero-order valence-electron chi connectivity index (χ0n) is 11.9. The van der Waals surface area contributed by atoms with Crippen LogP contribution in [0.15, 0.2) is 48.5 Å². The summed E-state index contributed by atoms with van der Waals surface area (Å²) in [5, 5.41) is 0. The van der Waals surface area contributed by atoms with Crippen molar-refractivity contribution in [1.82, 2.24) is 0 Å². The van der Waals surface area contributed by atoms with Gasteiger partial charge in [-0.1, -0.05) is 42.8 Å². The third-order valence-corrected chi connectivity index (χ3v) is 4.30. The van der Waals surface area contributed by atoms with E-state index in [4.69, 9.17) is 10.5 Å². The topological polar surface area (TPSA) is 35.2 Å². The van der Waals surface area contributed by atoms with Gasteiger partial charge in [0.05, 0.1) is 13.2 Å². The molecule has 0 amide bonds. The lowest BCUT2D eigenvalue weighted by molar-refractivity contribution is 0.414. The van der Waals surface area contributed by atoms with Crippen LogP contribution in [0.3, 0.4) is 0 Å². The van der Waals surface area contributed by atoms with E-state index in [1.165, 1.54) is 30.4 Å². The van der Waals surface area contributed by atoms with Gasteiger partial charge in [0.25, 0.3) is 0 Å². The Morgan fingerprint density at radius 3 is 2.40 bits per heavy atom. The zero-order chi connectivity index (χ0) is 13.9. The van der Waals surface area contributed by atoms with Crippen molar-refractivity contribution in [2.75, 3.05) is 7.11 Å². The molecule has 1 saturated carbocycles. The van der Waals surface area contributed by atoms with Crippen LogP contribution in [-0.2, 0) is 0 Å². The lowest BCUT2D eigenvalue weighted by Gasteiger charge is -2.26. The van der Waals surface area contributed by atoms with E-state index in [-0.39, 0.29) is 6.04 Å². The summed E-state index contributed by atoms with van der Waals surface area (Å²) in [6.07, 6.45) is 3.99. The number of nitrogens with two attached hydrogens (primary N) is 1. The van der Waals surface area contributed by atoms with Crippen molar-refractivity contribution in [3.05, 3.63) is 65.2 Å². The largest absolute Gasteiger partial charge is 0.497 e. The first-order valence-corrected chi connectivity index (χ1v) is 7.27. The highest BCUT2D eigenvalue weighted by Crippen LogP contribution is 2.37. The van der Waals surface area contributed by atoms with Gasteiger partial charge in [0.2, 0.25) is 0 Å². The first-order chi connectivity index (χ1) is 9.78. The smallest absolute Gasteiger partial charge is 0.119 e. The van der Waals surface area contributed by atoms with Crippen molar-refractivity contribution in [3.8, 4) is 5.75 Å². The highest BCUT2D eigenvalue weighted by atomic mass is 16.5. The summed E-state index contributed by atoms with van der Waals surface area (Å²) in [7, 11) is 1.68. The van der Waals surface area contributed by atoms with Crippen molar-refractivity contribution in [2.24, 2.45) is 5.73 Å². The van der Waals surface area contributed by atoms with Crippen molar-refractivity contribution in [2.45, 2.75) is 31.2 Å². The molecular weight excluding hydrogens is 246 g/mol. The SMILES string of the molecule is COc1cccc(C(N)c2cccc(C3CCC3)c2)c1. The minimum absolute atomic E-state index is 0.0925. The van der Waals surface area contributed by atoms with Crippen LogP contribution in [0, 0.1) is 0 Å². The van der Waals surface area contributed by atoms with Gasteiger partial charge >= 0.3 is 0 Å². The van der Waals surface area contributed by atoms with Gasteiger partial charge in [-0.25, -0.2) is 0 Å². The highest BCUT2D eigenvalue weighted by Gasteiger charge is 2.20. The second-order valence-corrected chi connectivity index (χ2v) is 5.55. The van der Waals surface area contributed by atoms with E-state index < -0.39 is 0 Å². The molecule has 2 nitrogen and oxygen atoms in total. The van der Waals surface area contributed by atoms with E-state index in [2.05, 4.69) is 30.3 Å². The predicted octanol–water partition coefficient (Wildman–Crippen LogP) is 4.01. The van der Waals surface area contributed by atoms with Gasteiger partial charge in [-0.05, 0) is 47.6 Å². The molecule has 2 aromatic rings. The van der Waals surface area contributed by atoms with Gasteiger partial charge in [-0.2, -0.15) is 0 Å². The van der Waals surface area contributed by atoms with E-state index >= 15 is 0 Å². The molecule has 0 radical (unpaired) electrons. The molecule has 0 spiro atoms. The Kier molecular flexibility index (Phi) is 3.75. The average Bonchev–Trinajstić information content (AvgIpc) is 2.45. The molecule has 20 heavy (non-hydrogen) atoms. The van der Waals surface area contributed by atoms with Crippen molar-refractivity contribution >= 4 is 0 Å². The first kappa shape index (κ1) is 13.2. The number of rotatable bonds is 4. The average molecular weight is 267 g/mol. The summed E-state index contributed by atoms with van der Waals surface area (Å²) in [5.41, 5.74) is 10.1. The fraction of sp³-hybridized carbons (Fsp3) is 0.333. The first-order valence-electron chi connectivity index (χ1n) is 7.27. The predicted molar refractivity (Wildman–Crippen MR) is 82.1 cm³/mol. The van der Waals surface area contributed by atoms with Crippen molar-refractivity contribution in [1.29, 1.82) is 0 Å². The van der Waals surface area contributed by atoms with Gasteiger partial charge in [0.15, 0.2) is 0 Å². The number of hydrogen-bond acceptors (Lipinski definition) is 2. The summed E-state index contributed by atoms with van der Waals surface area (Å²) in [5.74, 6) is 1.60. The Morgan fingerprint density at radius 1 is 1.05 bits per heavy atom. The fourth-order valence-corrected chi connectivity index (χ4v) is 2.78. The molecular formula is C18H21NO. The van der Waals surface area contributed by atoms with Crippen LogP contribution in [0.1, 0.15) is 47.9 Å². The van der Waals surface area contributed by atoms with Gasteiger partial charge in [-0.3, -0.25) is 0 Å². The van der Waals surface area contributed by atoms with E-state index in [1.54, 1.807) is 7.11 Å². The molecule has 0 aromatic heterocycles. The van der Waals surface area contributed by atoms with Crippen molar-refractivity contribution < 1.29 is 4.74 Å². The van der Waals surface area contributed by atoms with E-state index in [0.717, 1.165) is 17.2 Å². The maximum atomic E-state index is 6.41. The van der Waals surface area contributed by atoms with Crippen LogP contribution >= 0.6 is 0 Å². The third kappa shape index (κ3) is 2.56. The van der Waals surface area contributed by atoms with E-state index in [0.29, 0.717) is 0 Å². The van der Waals surface area contributed by atoms with Crippen LogP contribution in [0.5, 0.6) is 5.75 Å². The summed E-state index contributed by atoms with van der Waals surface area (Å²) in [6, 6.07) is 16.7. The Hall–Kier alpha value is -1.80. The van der Waals surface area contributed by atoms with E-state index in [9.17, 15) is 0 Å². The lowest BCUT2D eigenvalue weighted by atomic mass is 9.79. The summed E-state index contributed by atoms with van der Waals surface area (Å²) in [6.45, 7) is 0. The van der Waals surface area contributed by atoms with Gasteiger partial charge in [-0.15, -0.1) is 0 Å². The molecule has 1 unspecified atom stereocenters. The Labute approximate surface area is 120 Å². The van der Waals surface area contributed by atoms with Crippen LogP contribution < -0.4 is 10.5 Å². The molecule has 0 heterocycles. The summed E-state index contributed by atoms with van der Waals surface area (Å²) >= 11 is 0. The molecule has 0 aliphatic heterocycles. The molecule has 2 heteroatoms. The molecule has 0 saturated heterocycles. The van der Waals surface area contributed by atoms with Gasteiger partial charge < -0.3 is 10.5 Å². The van der Waals surface area contributed by atoms with Crippen LogP contribution in [0.25, 0.3) is 0 Å². The summed E-state index contributed by atoms with van der Waals surface area (Å²) < 4.78 is 5.27. The van der Waals surface area contributed by atoms with Gasteiger partial charge in [0, 0.05) is 0 Å². The quantitative estimate of drug-likeness (QED) is 0.908. The minimum Gasteiger partial charge on any atom is -0.497 e. The molecule has 1 aliphatic rings. The Bertz CT molecular complexity index is 589. The minimum atomic E-state index is -0.0925. The number of benzene rings is 2. The number of ether oxygens (including phenoxy) is 1. The molecule has 1 aliphatic carbocycles. The highest BCUT2D eigenvalue weighted by molar-refractivity contribution is 5.38. The molecule has 1 fully saturated rings. The third-order valence-electron chi connectivity index (χ3n) is 4.30. The fourth-order valence-electron chi connectivity index (χ4n) is 2.78. The second kappa shape index (κ2) is 5.68. The molecule has 0 bridgehead atoms. The number of methoxy groups -OCH3 is 1. The van der Waals surface area contributed by atoms with Gasteiger partial charge in [0.1, 0.15) is 5.75 Å². The Morgan fingerprint density at radius 2 is 1.75 bits per heavy atom. The van der Waals surface area contributed by atoms with Crippen LogP contribution in [0.2, 0.25) is 0 Å². The molecule has 3 rings (SSSR count). The molecule has 104 valence electrons. The molecule has 1 atom stereocenters. The number of hydrogen-bond donors (Lipinski definition) is 1. The van der Waals surface area contributed by atoms with E-state index in [1.807, 2.05) is 18.2 Å². The normalized spacial score (nSPS) is 16.5. The maximum absolute atomic E-state index is 6.41.